The highest BCUT2D eigenvalue weighted by molar-refractivity contribution is 5.85. The minimum atomic E-state index is -1.01. The van der Waals surface area contributed by atoms with Crippen molar-refractivity contribution in [2.75, 3.05) is 0 Å². The smallest absolute Gasteiger partial charge is 0.355 e. The van der Waals surface area contributed by atoms with Crippen LogP contribution in [0.1, 0.15) is 41.4 Å². The Hall–Kier alpha value is -2.17. The van der Waals surface area contributed by atoms with E-state index < -0.39 is 5.97 Å². The van der Waals surface area contributed by atoms with Gasteiger partial charge in [0.2, 0.25) is 0 Å². The number of aryl methyl sites for hydroxylation is 1. The van der Waals surface area contributed by atoms with Gasteiger partial charge in [-0.15, -0.1) is 5.10 Å². The van der Waals surface area contributed by atoms with E-state index in [0.717, 1.165) is 12.0 Å². The van der Waals surface area contributed by atoms with E-state index in [1.165, 1.54) is 29.3 Å². The van der Waals surface area contributed by atoms with Gasteiger partial charge in [-0.05, 0) is 24.0 Å². The maximum absolute atomic E-state index is 10.9. The molecule has 0 atom stereocenters. The van der Waals surface area contributed by atoms with Crippen molar-refractivity contribution in [3.8, 4) is 0 Å². The van der Waals surface area contributed by atoms with Crippen molar-refractivity contribution in [2.45, 2.75) is 32.7 Å². The summed E-state index contributed by atoms with van der Waals surface area (Å²) in [5.74, 6) is -1.01. The van der Waals surface area contributed by atoms with Crippen molar-refractivity contribution in [1.82, 2.24) is 15.0 Å². The molecule has 0 saturated heterocycles. The summed E-state index contributed by atoms with van der Waals surface area (Å²) in [5, 5.41) is 16.4. The number of aromatic nitrogens is 3. The zero-order valence-corrected chi connectivity index (χ0v) is 10.9. The second kappa shape index (κ2) is 6.13. The van der Waals surface area contributed by atoms with Crippen LogP contribution in [0.25, 0.3) is 0 Å². The first-order chi connectivity index (χ1) is 9.20. The normalized spacial score (nSPS) is 10.6. The summed E-state index contributed by atoms with van der Waals surface area (Å²) >= 11 is 0. The molecule has 2 rings (SSSR count). The number of rotatable bonds is 6. The molecule has 19 heavy (non-hydrogen) atoms. The van der Waals surface area contributed by atoms with Gasteiger partial charge in [-0.25, -0.2) is 9.48 Å². The van der Waals surface area contributed by atoms with Crippen LogP contribution >= 0.6 is 0 Å². The lowest BCUT2D eigenvalue weighted by atomic mass is 10.1. The Labute approximate surface area is 111 Å². The molecule has 0 unspecified atom stereocenters. The van der Waals surface area contributed by atoms with Gasteiger partial charge in [-0.3, -0.25) is 0 Å². The van der Waals surface area contributed by atoms with Crippen LogP contribution in [-0.2, 0) is 13.0 Å². The van der Waals surface area contributed by atoms with Gasteiger partial charge in [0.05, 0.1) is 12.7 Å². The highest BCUT2D eigenvalue weighted by atomic mass is 16.4. The van der Waals surface area contributed by atoms with Gasteiger partial charge in [0.1, 0.15) is 0 Å². The number of carbonyl (C=O) groups is 1. The molecule has 0 aliphatic heterocycles. The first-order valence-electron chi connectivity index (χ1n) is 6.40. The molecule has 5 nitrogen and oxygen atoms in total. The van der Waals surface area contributed by atoms with Gasteiger partial charge in [-0.2, -0.15) is 0 Å². The Bertz CT molecular complexity index is 546. The predicted molar refractivity (Wildman–Crippen MR) is 71.1 cm³/mol. The van der Waals surface area contributed by atoms with E-state index in [2.05, 4.69) is 29.4 Å². The Balaban J connectivity index is 2.06. The van der Waals surface area contributed by atoms with Gasteiger partial charge in [0.15, 0.2) is 5.69 Å². The van der Waals surface area contributed by atoms with Crippen molar-refractivity contribution >= 4 is 5.97 Å². The molecule has 0 radical (unpaired) electrons. The molecule has 1 aromatic carbocycles. The minimum absolute atomic E-state index is 0.107. The van der Waals surface area contributed by atoms with Gasteiger partial charge >= 0.3 is 5.97 Å². The average molecular weight is 259 g/mol. The summed E-state index contributed by atoms with van der Waals surface area (Å²) in [6, 6.07) is 8.20. The summed E-state index contributed by atoms with van der Waals surface area (Å²) in [6.45, 7) is 2.60. The van der Waals surface area contributed by atoms with E-state index in [1.54, 1.807) is 0 Å². The Morgan fingerprint density at radius 3 is 2.58 bits per heavy atom. The van der Waals surface area contributed by atoms with Crippen LogP contribution in [0.15, 0.2) is 30.5 Å². The first kappa shape index (κ1) is 13.3. The highest BCUT2D eigenvalue weighted by Gasteiger charge is 2.11. The Morgan fingerprint density at radius 2 is 1.95 bits per heavy atom. The maximum Gasteiger partial charge on any atom is 0.355 e. The van der Waals surface area contributed by atoms with Gasteiger partial charge in [0.25, 0.3) is 0 Å². The van der Waals surface area contributed by atoms with Crippen LogP contribution in [-0.4, -0.2) is 26.1 Å². The molecule has 2 aromatic rings. The van der Waals surface area contributed by atoms with E-state index in [4.69, 9.17) is 5.11 Å². The number of aromatic carboxylic acids is 1. The van der Waals surface area contributed by atoms with Crippen molar-refractivity contribution in [3.63, 3.8) is 0 Å². The van der Waals surface area contributed by atoms with E-state index in [1.807, 2.05) is 12.1 Å². The minimum Gasteiger partial charge on any atom is -0.476 e. The third kappa shape index (κ3) is 3.40. The van der Waals surface area contributed by atoms with Crippen molar-refractivity contribution < 1.29 is 9.90 Å². The fraction of sp³-hybridized carbons (Fsp3) is 0.357. The van der Waals surface area contributed by atoms with Crippen LogP contribution in [0, 0.1) is 0 Å². The largest absolute Gasteiger partial charge is 0.476 e. The molecule has 1 heterocycles. The quantitative estimate of drug-likeness (QED) is 0.864. The maximum atomic E-state index is 10.9. The van der Waals surface area contributed by atoms with Crippen molar-refractivity contribution in [2.24, 2.45) is 0 Å². The summed E-state index contributed by atoms with van der Waals surface area (Å²) in [4.78, 5) is 10.9. The van der Waals surface area contributed by atoms with Gasteiger partial charge in [-0.1, -0.05) is 42.8 Å². The number of hydrogen-bond donors (Lipinski definition) is 1. The highest BCUT2D eigenvalue weighted by Crippen LogP contribution is 2.10. The number of benzene rings is 1. The molecular weight excluding hydrogens is 242 g/mol. The van der Waals surface area contributed by atoms with E-state index in [9.17, 15) is 4.79 Å². The van der Waals surface area contributed by atoms with Crippen molar-refractivity contribution in [1.29, 1.82) is 0 Å². The Kier molecular flexibility index (Phi) is 4.28. The summed E-state index contributed by atoms with van der Waals surface area (Å²) in [6.07, 6.45) is 4.71. The van der Waals surface area contributed by atoms with Crippen LogP contribution < -0.4 is 0 Å². The van der Waals surface area contributed by atoms with Gasteiger partial charge < -0.3 is 5.11 Å². The standard InChI is InChI=1S/C14H17N3O2/c1-2-3-4-11-5-7-12(8-6-11)10-17-13(14(18)19)9-15-16-17/h5-9H,2-4,10H2,1H3,(H,18,19). The molecule has 0 aliphatic carbocycles. The summed E-state index contributed by atoms with van der Waals surface area (Å²) in [5.41, 5.74) is 2.44. The SMILES string of the molecule is CCCCc1ccc(Cn2nncc2C(=O)O)cc1. The fourth-order valence-electron chi connectivity index (χ4n) is 1.91. The Morgan fingerprint density at radius 1 is 1.26 bits per heavy atom. The molecule has 1 aromatic heterocycles. The number of carboxylic acids is 1. The molecule has 0 fully saturated rings. The number of unbranched alkanes of at least 4 members (excludes halogenated alkanes) is 1. The van der Waals surface area contributed by atoms with Crippen molar-refractivity contribution in [3.05, 3.63) is 47.3 Å². The summed E-state index contributed by atoms with van der Waals surface area (Å²) < 4.78 is 1.39. The second-order valence-electron chi connectivity index (χ2n) is 4.50. The van der Waals surface area contributed by atoms with Crippen LogP contribution in [0.3, 0.4) is 0 Å². The first-order valence-corrected chi connectivity index (χ1v) is 6.40. The lowest BCUT2D eigenvalue weighted by Crippen LogP contribution is -2.10. The fourth-order valence-corrected chi connectivity index (χ4v) is 1.91. The summed E-state index contributed by atoms with van der Waals surface area (Å²) in [7, 11) is 0. The molecule has 5 heteroatoms. The molecule has 1 N–H and O–H groups in total. The molecule has 0 saturated carbocycles. The number of hydrogen-bond acceptors (Lipinski definition) is 3. The predicted octanol–water partition coefficient (Wildman–Crippen LogP) is 2.37. The zero-order chi connectivity index (χ0) is 13.7. The zero-order valence-electron chi connectivity index (χ0n) is 10.9. The second-order valence-corrected chi connectivity index (χ2v) is 4.50. The topological polar surface area (TPSA) is 68.0 Å². The third-order valence-corrected chi connectivity index (χ3v) is 3.01. The van der Waals surface area contributed by atoms with E-state index in [0.29, 0.717) is 6.54 Å². The van der Waals surface area contributed by atoms with E-state index >= 15 is 0 Å². The third-order valence-electron chi connectivity index (χ3n) is 3.01. The molecule has 0 spiro atoms. The molecule has 100 valence electrons. The lowest BCUT2D eigenvalue weighted by molar-refractivity contribution is 0.0684. The van der Waals surface area contributed by atoms with Crippen LogP contribution in [0.5, 0.6) is 0 Å². The number of carboxylic acid groups (broad SMARTS) is 1. The molecule has 0 aliphatic rings. The van der Waals surface area contributed by atoms with E-state index in [-0.39, 0.29) is 5.69 Å². The monoisotopic (exact) mass is 259 g/mol. The average Bonchev–Trinajstić information content (AvgIpc) is 2.86. The van der Waals surface area contributed by atoms with Crippen LogP contribution in [0.2, 0.25) is 0 Å². The molecule has 0 amide bonds. The number of nitrogens with zero attached hydrogens (tertiary/aromatic N) is 3. The lowest BCUT2D eigenvalue weighted by Gasteiger charge is -2.05. The molecule has 0 bridgehead atoms. The molecular formula is C14H17N3O2. The van der Waals surface area contributed by atoms with Crippen LogP contribution in [0.4, 0.5) is 0 Å². The van der Waals surface area contributed by atoms with Gasteiger partial charge in [0, 0.05) is 0 Å².